The van der Waals surface area contributed by atoms with Crippen molar-refractivity contribution in [3.05, 3.63) is 29.3 Å². The van der Waals surface area contributed by atoms with Gasteiger partial charge in [0.15, 0.2) is 0 Å². The maximum absolute atomic E-state index is 12.2. The van der Waals surface area contributed by atoms with E-state index in [-0.39, 0.29) is 62.9 Å². The number of phenolic OH excluding ortho intramolecular Hbond substituents is 1. The molecule has 0 aliphatic carbocycles. The van der Waals surface area contributed by atoms with Crippen LogP contribution < -0.4 is 26.6 Å². The second-order valence-electron chi connectivity index (χ2n) is 10.4. The van der Waals surface area contributed by atoms with Crippen molar-refractivity contribution in [2.24, 2.45) is 0 Å². The highest BCUT2D eigenvalue weighted by molar-refractivity contribution is 5.86. The third-order valence-electron chi connectivity index (χ3n) is 6.62. The summed E-state index contributed by atoms with van der Waals surface area (Å²) in [6.45, 7) is 0.589. The van der Waals surface area contributed by atoms with Crippen LogP contribution in [0, 0.1) is 0 Å². The molecule has 0 unspecified atom stereocenters. The summed E-state index contributed by atoms with van der Waals surface area (Å²) < 4.78 is 0. The quantitative estimate of drug-likeness (QED) is 0.0666. The van der Waals surface area contributed by atoms with E-state index in [4.69, 9.17) is 15.3 Å². The zero-order valence-corrected chi connectivity index (χ0v) is 25.4. The van der Waals surface area contributed by atoms with Gasteiger partial charge in [-0.2, -0.15) is 0 Å². The molecule has 46 heavy (non-hydrogen) atoms. The van der Waals surface area contributed by atoms with Gasteiger partial charge < -0.3 is 52.1 Å². The number of rotatable bonds is 24. The van der Waals surface area contributed by atoms with Crippen LogP contribution in [0.4, 0.5) is 4.79 Å². The first-order chi connectivity index (χ1) is 21.8. The Morgan fingerprint density at radius 2 is 1.26 bits per heavy atom. The highest BCUT2D eigenvalue weighted by Crippen LogP contribution is 2.19. The number of phenols is 1. The van der Waals surface area contributed by atoms with Gasteiger partial charge in [0.1, 0.15) is 17.8 Å². The van der Waals surface area contributed by atoms with Crippen molar-refractivity contribution in [3.8, 4) is 5.75 Å². The van der Waals surface area contributed by atoms with Crippen molar-refractivity contribution < 1.29 is 59.1 Å². The van der Waals surface area contributed by atoms with Gasteiger partial charge in [0.25, 0.3) is 0 Å². The molecule has 0 saturated heterocycles. The van der Waals surface area contributed by atoms with Crippen LogP contribution in [0.25, 0.3) is 0 Å². The zero-order valence-electron chi connectivity index (χ0n) is 25.4. The highest BCUT2D eigenvalue weighted by atomic mass is 16.4. The van der Waals surface area contributed by atoms with Gasteiger partial charge in [0, 0.05) is 44.5 Å². The molecule has 1 aromatic rings. The smallest absolute Gasteiger partial charge is 0.326 e. The van der Waals surface area contributed by atoms with Crippen molar-refractivity contribution >= 4 is 41.7 Å². The van der Waals surface area contributed by atoms with Gasteiger partial charge in [-0.25, -0.2) is 14.4 Å². The maximum atomic E-state index is 12.2. The number of benzene rings is 1. The van der Waals surface area contributed by atoms with Crippen LogP contribution in [0.5, 0.6) is 5.75 Å². The molecule has 0 heterocycles. The molecule has 0 fully saturated rings. The van der Waals surface area contributed by atoms with E-state index in [9.17, 15) is 43.8 Å². The third-order valence-corrected chi connectivity index (χ3v) is 6.62. The molecular formula is C29H43N5O12. The number of aromatic hydroxyl groups is 1. The molecule has 0 spiro atoms. The van der Waals surface area contributed by atoms with Crippen molar-refractivity contribution in [3.63, 3.8) is 0 Å². The number of carboxylic acids is 4. The minimum atomic E-state index is -1.49. The van der Waals surface area contributed by atoms with Crippen LogP contribution in [-0.4, -0.2) is 99.0 Å². The maximum Gasteiger partial charge on any atom is 0.326 e. The predicted octanol–water partition coefficient (Wildman–Crippen LogP) is 0.142. The lowest BCUT2D eigenvalue weighted by molar-refractivity contribution is -0.141. The van der Waals surface area contributed by atoms with Gasteiger partial charge in [-0.05, 0) is 56.6 Å². The molecule has 10 N–H and O–H groups in total. The van der Waals surface area contributed by atoms with Gasteiger partial charge in [0.2, 0.25) is 11.8 Å². The topological polar surface area (TPSA) is 281 Å². The average Bonchev–Trinajstić information content (AvgIpc) is 2.97. The fourth-order valence-electron chi connectivity index (χ4n) is 4.16. The molecule has 1 rings (SSSR count). The van der Waals surface area contributed by atoms with E-state index in [1.165, 1.54) is 6.07 Å². The molecule has 17 nitrogen and oxygen atoms in total. The first-order valence-electron chi connectivity index (χ1n) is 14.8. The second kappa shape index (κ2) is 21.7. The fraction of sp³-hybridized carbons (Fsp3) is 0.552. The van der Waals surface area contributed by atoms with Crippen molar-refractivity contribution in [1.29, 1.82) is 0 Å². The number of urea groups is 1. The number of nitrogens with one attached hydrogen (secondary N) is 5. The van der Waals surface area contributed by atoms with Gasteiger partial charge in [0.05, 0.1) is 6.54 Å². The van der Waals surface area contributed by atoms with E-state index >= 15 is 0 Å². The predicted molar refractivity (Wildman–Crippen MR) is 161 cm³/mol. The summed E-state index contributed by atoms with van der Waals surface area (Å²) in [4.78, 5) is 80.2. The van der Waals surface area contributed by atoms with Crippen LogP contribution in [0.15, 0.2) is 18.2 Å². The number of aryl methyl sites for hydroxylation is 1. The molecule has 1 aromatic carbocycles. The van der Waals surface area contributed by atoms with Crippen LogP contribution in [0.3, 0.4) is 0 Å². The number of carboxylic acid groups (broad SMARTS) is 4. The largest absolute Gasteiger partial charge is 0.508 e. The lowest BCUT2D eigenvalue weighted by atomic mass is 10.0. The molecule has 2 atom stereocenters. The molecular weight excluding hydrogens is 610 g/mol. The summed E-state index contributed by atoms with van der Waals surface area (Å²) in [6.07, 6.45) is 1.88. The molecule has 17 heteroatoms. The number of unbranched alkanes of at least 4 members (excludes halogenated alkanes) is 2. The number of carbonyl (C=O) groups excluding carboxylic acids is 3. The minimum absolute atomic E-state index is 0.0170. The summed E-state index contributed by atoms with van der Waals surface area (Å²) in [5, 5.41) is 58.2. The fourth-order valence-corrected chi connectivity index (χ4v) is 4.16. The van der Waals surface area contributed by atoms with Gasteiger partial charge in [-0.1, -0.05) is 12.1 Å². The second-order valence-corrected chi connectivity index (χ2v) is 10.4. The van der Waals surface area contributed by atoms with E-state index < -0.39 is 48.4 Å². The molecule has 0 bridgehead atoms. The van der Waals surface area contributed by atoms with Gasteiger partial charge in [-0.3, -0.25) is 19.2 Å². The van der Waals surface area contributed by atoms with E-state index in [2.05, 4.69) is 26.6 Å². The minimum Gasteiger partial charge on any atom is -0.508 e. The van der Waals surface area contributed by atoms with Crippen LogP contribution >= 0.6 is 0 Å². The first-order valence-corrected chi connectivity index (χ1v) is 14.8. The van der Waals surface area contributed by atoms with E-state index in [1.807, 2.05) is 0 Å². The number of carbonyl (C=O) groups is 7. The SMILES string of the molecule is O=C(O)CC[C@H](NC(=O)N[C@@H](CCCCNC(=O)CCCCNC(=O)CCc1ccc(O)c(CNCC(=O)O)c1)C(=O)O)C(=O)O. The number of hydrogen-bond donors (Lipinski definition) is 10. The van der Waals surface area contributed by atoms with Crippen molar-refractivity contribution in [2.75, 3.05) is 19.6 Å². The van der Waals surface area contributed by atoms with E-state index in [0.717, 1.165) is 5.56 Å². The monoisotopic (exact) mass is 653 g/mol. The third kappa shape index (κ3) is 18.0. The molecule has 0 radical (unpaired) electrons. The van der Waals surface area contributed by atoms with E-state index in [1.54, 1.807) is 12.1 Å². The lowest BCUT2D eigenvalue weighted by Crippen LogP contribution is -2.51. The van der Waals surface area contributed by atoms with Crippen LogP contribution in [-0.2, 0) is 41.7 Å². The number of amides is 4. The Balaban J connectivity index is 2.21. The molecule has 0 saturated carbocycles. The summed E-state index contributed by atoms with van der Waals surface area (Å²) in [6, 6.07) is 1.04. The Morgan fingerprint density at radius 1 is 0.674 bits per heavy atom. The Kier molecular flexibility index (Phi) is 18.5. The summed E-state index contributed by atoms with van der Waals surface area (Å²) in [7, 11) is 0. The molecule has 256 valence electrons. The Morgan fingerprint density at radius 3 is 1.85 bits per heavy atom. The molecule has 0 aliphatic heterocycles. The molecule has 0 aliphatic rings. The van der Waals surface area contributed by atoms with Gasteiger partial charge in [-0.15, -0.1) is 0 Å². The average molecular weight is 654 g/mol. The summed E-state index contributed by atoms with van der Waals surface area (Å²) in [5.74, 6) is -5.39. The lowest BCUT2D eigenvalue weighted by Gasteiger charge is -2.18. The Bertz CT molecular complexity index is 1210. The highest BCUT2D eigenvalue weighted by Gasteiger charge is 2.24. The summed E-state index contributed by atoms with van der Waals surface area (Å²) in [5.41, 5.74) is 1.35. The Hall–Kier alpha value is -4.93. The van der Waals surface area contributed by atoms with E-state index in [0.29, 0.717) is 44.2 Å². The van der Waals surface area contributed by atoms with Gasteiger partial charge >= 0.3 is 29.9 Å². The van der Waals surface area contributed by atoms with Crippen LogP contribution in [0.2, 0.25) is 0 Å². The van der Waals surface area contributed by atoms with Crippen molar-refractivity contribution in [1.82, 2.24) is 26.6 Å². The van der Waals surface area contributed by atoms with Crippen LogP contribution in [0.1, 0.15) is 68.9 Å². The Labute approximate surface area is 265 Å². The number of hydrogen-bond acceptors (Lipinski definition) is 9. The summed E-state index contributed by atoms with van der Waals surface area (Å²) >= 11 is 0. The standard InChI is InChI=1S/C29H43N5O12/c35-22-10-7-18(15-19(22)16-30-17-26(40)41)8-11-24(37)32-14-4-2-6-23(36)31-13-3-1-5-20(27(42)43)33-29(46)34-21(28(44)45)9-12-25(38)39/h7,10,15,20-21,30,35H,1-6,8-9,11-14,16-17H2,(H,31,36)(H,32,37)(H,38,39)(H,40,41)(H,42,43)(H,44,45)(H2,33,34,46)/t20-,21-/m0/s1. The zero-order chi connectivity index (χ0) is 34.5. The molecule has 0 aromatic heterocycles. The number of aliphatic carboxylic acids is 4. The normalized spacial score (nSPS) is 11.9. The molecule has 4 amide bonds. The first kappa shape index (κ1) is 39.1. The van der Waals surface area contributed by atoms with Crippen molar-refractivity contribution in [2.45, 2.75) is 82.8 Å².